The van der Waals surface area contributed by atoms with Gasteiger partial charge in [-0.3, -0.25) is 23.9 Å². The van der Waals surface area contributed by atoms with Gasteiger partial charge < -0.3 is 20.3 Å². The minimum atomic E-state index is -4.39. The third kappa shape index (κ3) is 9.35. The van der Waals surface area contributed by atoms with Gasteiger partial charge in [0.2, 0.25) is 11.8 Å². The molecule has 0 aromatic heterocycles. The van der Waals surface area contributed by atoms with Crippen LogP contribution in [0.4, 0.5) is 11.4 Å². The number of nitrogens with zero attached hydrogens (tertiary/aromatic N) is 2. The molecular formula is C52H60N4O7S. The first-order chi connectivity index (χ1) is 30.5. The number of nitrogens with one attached hydrogen (secondary N) is 2. The molecule has 4 aromatic rings. The smallest absolute Gasteiger partial charge is 0.305 e. The zero-order valence-corrected chi connectivity index (χ0v) is 38.6. The topological polar surface area (TPSA) is 154 Å². The average molecular weight is 885 g/mol. The van der Waals surface area contributed by atoms with E-state index in [0.29, 0.717) is 25.9 Å². The Labute approximate surface area is 377 Å². The predicted molar refractivity (Wildman–Crippen MR) is 257 cm³/mol. The molecule has 64 heavy (non-hydrogen) atoms. The molecule has 2 aliphatic heterocycles. The number of fused-ring (bicyclic) bond motifs is 6. The lowest BCUT2D eigenvalue weighted by Gasteiger charge is -2.35. The zero-order chi connectivity index (χ0) is 45.9. The summed E-state index contributed by atoms with van der Waals surface area (Å²) in [6.45, 7) is 13.6. The van der Waals surface area contributed by atoms with E-state index in [1.54, 1.807) is 6.92 Å². The van der Waals surface area contributed by atoms with Crippen molar-refractivity contribution in [3.8, 4) is 0 Å². The molecule has 0 saturated carbocycles. The highest BCUT2D eigenvalue weighted by Gasteiger charge is 2.48. The Balaban J connectivity index is 1.27. The summed E-state index contributed by atoms with van der Waals surface area (Å²) in [5, 5.41) is 10.3. The second-order valence-corrected chi connectivity index (χ2v) is 19.6. The Bertz CT molecular complexity index is 2760. The first-order valence-corrected chi connectivity index (χ1v) is 24.0. The Morgan fingerprint density at radius 3 is 2.11 bits per heavy atom. The second kappa shape index (κ2) is 18.7. The van der Waals surface area contributed by atoms with Crippen molar-refractivity contribution in [2.45, 2.75) is 90.9 Å². The molecule has 0 fully saturated rings. The number of carbonyl (C=O) groups excluding carboxylic acids is 3. The molecule has 3 N–H and O–H groups in total. The van der Waals surface area contributed by atoms with Gasteiger partial charge in [0.15, 0.2) is 0 Å². The van der Waals surface area contributed by atoms with Gasteiger partial charge in [-0.1, -0.05) is 113 Å². The highest BCUT2D eigenvalue weighted by atomic mass is 32.2. The van der Waals surface area contributed by atoms with Crippen LogP contribution in [0.15, 0.2) is 125 Å². The van der Waals surface area contributed by atoms with Crippen molar-refractivity contribution >= 4 is 66.5 Å². The van der Waals surface area contributed by atoms with Crippen LogP contribution in [0.2, 0.25) is 0 Å². The lowest BCUT2D eigenvalue weighted by molar-refractivity contribution is -0.144. The van der Waals surface area contributed by atoms with E-state index in [1.807, 2.05) is 48.6 Å². The number of esters is 1. The number of likely N-dealkylation sites (N-methyl/N-ethyl adjacent to an activating group) is 1. The van der Waals surface area contributed by atoms with Crippen LogP contribution in [0.5, 0.6) is 0 Å². The minimum Gasteiger partial charge on any atom is -0.466 e. The van der Waals surface area contributed by atoms with Gasteiger partial charge in [-0.15, -0.1) is 0 Å². The zero-order valence-electron chi connectivity index (χ0n) is 37.8. The number of unbranched alkanes of at least 4 members (excludes halogenated alkanes) is 2. The van der Waals surface area contributed by atoms with Crippen molar-refractivity contribution in [2.24, 2.45) is 10.4 Å². The highest BCUT2D eigenvalue weighted by molar-refractivity contribution is 7.85. The predicted octanol–water partition coefficient (Wildman–Crippen LogP) is 9.49. The van der Waals surface area contributed by atoms with E-state index in [-0.39, 0.29) is 43.7 Å². The highest BCUT2D eigenvalue weighted by Crippen LogP contribution is 2.51. The van der Waals surface area contributed by atoms with Crippen LogP contribution < -0.4 is 15.5 Å². The third-order valence-corrected chi connectivity index (χ3v) is 13.7. The molecule has 1 unspecified atom stereocenters. The van der Waals surface area contributed by atoms with Crippen LogP contribution in [0.3, 0.4) is 0 Å². The first-order valence-electron chi connectivity index (χ1n) is 22.4. The van der Waals surface area contributed by atoms with Crippen molar-refractivity contribution in [3.63, 3.8) is 0 Å². The van der Waals surface area contributed by atoms with E-state index in [0.717, 1.165) is 62.2 Å². The number of rotatable bonds is 16. The molecule has 1 aliphatic carbocycles. The summed E-state index contributed by atoms with van der Waals surface area (Å²) in [6, 6.07) is 25.1. The van der Waals surface area contributed by atoms with Gasteiger partial charge in [0.25, 0.3) is 10.1 Å². The van der Waals surface area contributed by atoms with Gasteiger partial charge in [-0.2, -0.15) is 8.42 Å². The number of aliphatic imine (C=N–C) groups is 1. The number of anilines is 1. The summed E-state index contributed by atoms with van der Waals surface area (Å²) in [4.78, 5) is 48.5. The maximum atomic E-state index is 14.7. The van der Waals surface area contributed by atoms with Gasteiger partial charge in [-0.25, -0.2) is 0 Å². The van der Waals surface area contributed by atoms with E-state index in [9.17, 15) is 27.4 Å². The van der Waals surface area contributed by atoms with Crippen LogP contribution in [0.1, 0.15) is 91.2 Å². The Morgan fingerprint density at radius 1 is 0.781 bits per heavy atom. The van der Waals surface area contributed by atoms with Gasteiger partial charge in [0, 0.05) is 48.3 Å². The normalized spacial score (nSPS) is 20.1. The molecule has 2 amide bonds. The van der Waals surface area contributed by atoms with E-state index in [2.05, 4.69) is 105 Å². The van der Waals surface area contributed by atoms with Gasteiger partial charge >= 0.3 is 5.97 Å². The summed E-state index contributed by atoms with van der Waals surface area (Å²) in [5.41, 5.74) is 5.28. The van der Waals surface area contributed by atoms with Crippen molar-refractivity contribution in [1.82, 2.24) is 10.6 Å². The summed E-state index contributed by atoms with van der Waals surface area (Å²) < 4.78 is 38.1. The van der Waals surface area contributed by atoms with Gasteiger partial charge in [-0.05, 0) is 108 Å². The van der Waals surface area contributed by atoms with Gasteiger partial charge in [0.05, 0.1) is 23.8 Å². The first kappa shape index (κ1) is 46.2. The number of benzene rings is 4. The number of carbonyl (C=O) groups is 3. The quantitative estimate of drug-likeness (QED) is 0.0435. The molecule has 0 radical (unpaired) electrons. The lowest BCUT2D eigenvalue weighted by atomic mass is 9.70. The van der Waals surface area contributed by atoms with E-state index in [4.69, 9.17) is 9.73 Å². The van der Waals surface area contributed by atoms with Crippen LogP contribution in [0, 0.1) is 5.41 Å². The number of hydrogen-bond donors (Lipinski definition) is 3. The Morgan fingerprint density at radius 2 is 1.44 bits per heavy atom. The number of amides is 2. The average Bonchev–Trinajstić information content (AvgIpc) is 3.66. The van der Waals surface area contributed by atoms with E-state index < -0.39 is 38.5 Å². The van der Waals surface area contributed by atoms with Crippen molar-refractivity contribution < 1.29 is 32.1 Å². The molecule has 7 rings (SSSR count). The molecule has 12 heteroatoms. The van der Waals surface area contributed by atoms with Crippen molar-refractivity contribution in [3.05, 3.63) is 131 Å². The molecule has 4 aromatic carbocycles. The van der Waals surface area contributed by atoms with Gasteiger partial charge in [0.1, 0.15) is 5.41 Å². The Kier molecular flexibility index (Phi) is 13.5. The van der Waals surface area contributed by atoms with E-state index >= 15 is 0 Å². The molecule has 0 saturated heterocycles. The fourth-order valence-electron chi connectivity index (χ4n) is 9.78. The van der Waals surface area contributed by atoms with Crippen LogP contribution in [-0.2, 0) is 40.1 Å². The maximum Gasteiger partial charge on any atom is 0.305 e. The molecule has 2 heterocycles. The largest absolute Gasteiger partial charge is 0.466 e. The SMILES string of the molecule is CCOC(=O)CCCCCNC(=O)C1(C(=O)NCCS(=O)(=O)O)CC(/C=C/C2=Nc3ccc4ccccc4c3C2(C)C)=CC(=C/C=C2/N(CC)c3ccc4ccccc4c3C2(C)C)/C1. The molecule has 0 spiro atoms. The number of allylic oxidation sites excluding steroid dienone is 8. The molecular weight excluding hydrogens is 825 g/mol. The lowest BCUT2D eigenvalue weighted by Crippen LogP contribution is -2.53. The maximum absolute atomic E-state index is 14.7. The molecule has 3 aliphatic rings. The van der Waals surface area contributed by atoms with Crippen LogP contribution in [0.25, 0.3) is 21.5 Å². The number of ether oxygens (including phenoxy) is 1. The summed E-state index contributed by atoms with van der Waals surface area (Å²) in [6.07, 6.45) is 12.2. The van der Waals surface area contributed by atoms with Crippen molar-refractivity contribution in [1.29, 1.82) is 0 Å². The van der Waals surface area contributed by atoms with Crippen LogP contribution in [-0.4, -0.2) is 68.5 Å². The fraction of sp³-hybridized carbons (Fsp3) is 0.385. The molecule has 1 atom stereocenters. The number of hydrogen-bond acceptors (Lipinski definition) is 8. The van der Waals surface area contributed by atoms with Crippen LogP contribution >= 0.6 is 0 Å². The summed E-state index contributed by atoms with van der Waals surface area (Å²) in [7, 11) is -4.39. The second-order valence-electron chi connectivity index (χ2n) is 18.0. The molecule has 11 nitrogen and oxygen atoms in total. The Hall–Kier alpha value is -5.85. The monoisotopic (exact) mass is 884 g/mol. The summed E-state index contributed by atoms with van der Waals surface area (Å²) >= 11 is 0. The molecule has 0 bridgehead atoms. The molecule has 336 valence electrons. The third-order valence-electron chi connectivity index (χ3n) is 12.9. The summed E-state index contributed by atoms with van der Waals surface area (Å²) in [5.74, 6) is -2.09. The van der Waals surface area contributed by atoms with Crippen molar-refractivity contribution in [2.75, 3.05) is 36.9 Å². The standard InChI is InChI=1S/C52H60N4O7S/c1-7-56-42-26-24-38-17-12-14-19-40(38)47(42)51(5,6)44(56)28-22-36-32-35(21-27-43-50(3,4)46-39-18-13-11-16-37(39)23-25-41(46)55-43)33-52(34-36,49(59)54-30-31-64(60,61)62)48(58)53-29-15-9-10-20-45(57)63-8-2/h11-14,16-19,21-28,32H,7-10,15,20,29-31,33-34H2,1-6H3,(H,53,58)(H,54,59)(H,60,61,62)/b27-21+,36-22-,44-28+. The van der Waals surface area contributed by atoms with E-state index in [1.165, 1.54) is 10.9 Å². The fourth-order valence-corrected chi connectivity index (χ4v) is 10.1. The minimum absolute atomic E-state index is 0.0252.